The number of nitrogen functional groups attached to an aromatic ring is 1. The van der Waals surface area contributed by atoms with E-state index in [9.17, 15) is 19.8 Å². The van der Waals surface area contributed by atoms with Crippen molar-refractivity contribution < 1.29 is 29.3 Å². The van der Waals surface area contributed by atoms with Gasteiger partial charge in [0.2, 0.25) is 17.0 Å². The van der Waals surface area contributed by atoms with Crippen molar-refractivity contribution in [1.82, 2.24) is 25.5 Å². The highest BCUT2D eigenvalue weighted by Crippen LogP contribution is 2.39. The Morgan fingerprint density at radius 2 is 1.56 bits per heavy atom. The number of carbonyl (C=O) groups is 2. The molecule has 1 saturated heterocycles. The molecule has 270 valence electrons. The number of para-hydroxylation sites is 2. The lowest BCUT2D eigenvalue weighted by Crippen LogP contribution is -2.31. The second-order valence-corrected chi connectivity index (χ2v) is 13.4. The van der Waals surface area contributed by atoms with Crippen molar-refractivity contribution in [1.29, 1.82) is 0 Å². The Bertz CT molecular complexity index is 1920. The van der Waals surface area contributed by atoms with Crippen molar-refractivity contribution in [2.75, 3.05) is 16.8 Å². The number of phenolic OH excluding ortho intramolecular Hbond substituents is 1. The van der Waals surface area contributed by atoms with Crippen LogP contribution in [0.25, 0.3) is 5.69 Å². The first kappa shape index (κ1) is 36.5. The molecular weight excluding hydrogens is 683 g/mol. The summed E-state index contributed by atoms with van der Waals surface area (Å²) in [7, 11) is 0. The SMILES string of the molecule is Nc1ccccc1NC(=O)CCCCC(=O)NCc1ccc([C@@H]2O[C@H](CSc3nnnn3-c3ccc(O)cc3)C[C@H](c3ccc(CO)cc3)O2)cc1. The number of rotatable bonds is 15. The van der Waals surface area contributed by atoms with Crippen LogP contribution >= 0.6 is 11.8 Å². The van der Waals surface area contributed by atoms with E-state index < -0.39 is 6.29 Å². The summed E-state index contributed by atoms with van der Waals surface area (Å²) in [5.74, 6) is 0.500. The topological polar surface area (TPSA) is 187 Å². The summed E-state index contributed by atoms with van der Waals surface area (Å²) in [6, 6.07) is 29.2. The van der Waals surface area contributed by atoms with E-state index in [-0.39, 0.29) is 36.4 Å². The third-order valence-electron chi connectivity index (χ3n) is 8.58. The molecule has 0 spiro atoms. The average molecular weight is 724 g/mol. The molecule has 6 N–H and O–H groups in total. The minimum Gasteiger partial charge on any atom is -0.508 e. The third kappa shape index (κ3) is 9.94. The maximum absolute atomic E-state index is 12.5. The van der Waals surface area contributed by atoms with Gasteiger partial charge in [-0.05, 0) is 76.4 Å². The normalized spacial score (nSPS) is 17.1. The molecule has 1 aliphatic heterocycles. The second kappa shape index (κ2) is 17.8. The van der Waals surface area contributed by atoms with Crippen LogP contribution in [0.1, 0.15) is 66.8 Å². The molecule has 1 fully saturated rings. The fourth-order valence-corrected chi connectivity index (χ4v) is 6.60. The van der Waals surface area contributed by atoms with Crippen LogP contribution in [-0.2, 0) is 32.2 Å². The second-order valence-electron chi connectivity index (χ2n) is 12.4. The van der Waals surface area contributed by atoms with Gasteiger partial charge in [-0.25, -0.2) is 0 Å². The molecule has 0 unspecified atom stereocenters. The number of phenols is 1. The van der Waals surface area contributed by atoms with Crippen LogP contribution in [0.2, 0.25) is 0 Å². The van der Waals surface area contributed by atoms with Crippen LogP contribution in [0.3, 0.4) is 0 Å². The number of aliphatic hydroxyl groups excluding tert-OH is 1. The summed E-state index contributed by atoms with van der Waals surface area (Å²) in [4.78, 5) is 24.7. The summed E-state index contributed by atoms with van der Waals surface area (Å²) in [5.41, 5.74) is 11.3. The van der Waals surface area contributed by atoms with Crippen molar-refractivity contribution in [2.45, 2.75) is 68.9 Å². The number of anilines is 2. The number of aliphatic hydroxyl groups is 1. The number of tetrazole rings is 1. The van der Waals surface area contributed by atoms with Crippen molar-refractivity contribution in [3.63, 3.8) is 0 Å². The molecule has 52 heavy (non-hydrogen) atoms. The van der Waals surface area contributed by atoms with Crippen LogP contribution in [0.15, 0.2) is 102 Å². The molecule has 13 nitrogen and oxygen atoms in total. The lowest BCUT2D eigenvalue weighted by atomic mass is 10.0. The summed E-state index contributed by atoms with van der Waals surface area (Å²) >= 11 is 1.47. The van der Waals surface area contributed by atoms with Gasteiger partial charge in [0, 0.05) is 37.1 Å². The predicted molar refractivity (Wildman–Crippen MR) is 196 cm³/mol. The molecule has 0 aliphatic carbocycles. The summed E-state index contributed by atoms with van der Waals surface area (Å²) < 4.78 is 14.6. The molecule has 1 aromatic heterocycles. The fraction of sp³-hybridized carbons (Fsp3) is 0.289. The Morgan fingerprint density at radius 1 is 0.865 bits per heavy atom. The molecule has 1 aliphatic rings. The van der Waals surface area contributed by atoms with Gasteiger partial charge in [-0.15, -0.1) is 5.10 Å². The average Bonchev–Trinajstić information content (AvgIpc) is 3.65. The van der Waals surface area contributed by atoms with E-state index in [1.807, 2.05) is 60.7 Å². The van der Waals surface area contributed by atoms with Gasteiger partial charge in [-0.3, -0.25) is 9.59 Å². The van der Waals surface area contributed by atoms with E-state index >= 15 is 0 Å². The predicted octanol–water partition coefficient (Wildman–Crippen LogP) is 5.60. The number of aromatic nitrogens is 4. The van der Waals surface area contributed by atoms with Crippen molar-refractivity contribution in [2.24, 2.45) is 0 Å². The number of nitrogens with zero attached hydrogens (tertiary/aromatic N) is 4. The Kier molecular flexibility index (Phi) is 12.5. The number of ether oxygens (including phenoxy) is 2. The Balaban J connectivity index is 1.02. The molecule has 2 amide bonds. The molecule has 6 rings (SSSR count). The molecule has 0 radical (unpaired) electrons. The highest BCUT2D eigenvalue weighted by Gasteiger charge is 2.32. The molecular formula is C38H41N7O6S. The van der Waals surface area contributed by atoms with E-state index in [0.717, 1.165) is 27.9 Å². The number of hydrogen-bond acceptors (Lipinski definition) is 11. The number of carbonyl (C=O) groups excluding carboxylic acids is 2. The van der Waals surface area contributed by atoms with E-state index in [4.69, 9.17) is 15.2 Å². The van der Waals surface area contributed by atoms with Crippen molar-refractivity contribution in [3.05, 3.63) is 119 Å². The third-order valence-corrected chi connectivity index (χ3v) is 9.63. The number of nitrogens with one attached hydrogen (secondary N) is 2. The van der Waals surface area contributed by atoms with Crippen LogP contribution in [0.5, 0.6) is 5.75 Å². The molecule has 3 atom stereocenters. The number of amides is 2. The molecule has 5 aromatic rings. The number of thioether (sulfide) groups is 1. The number of nitrogens with two attached hydrogens (primary N) is 1. The lowest BCUT2D eigenvalue weighted by Gasteiger charge is -2.36. The molecule has 4 aromatic carbocycles. The van der Waals surface area contributed by atoms with Gasteiger partial charge in [0.05, 0.1) is 35.9 Å². The van der Waals surface area contributed by atoms with Crippen molar-refractivity contribution in [3.8, 4) is 11.4 Å². The van der Waals surface area contributed by atoms with Crippen LogP contribution < -0.4 is 16.4 Å². The van der Waals surface area contributed by atoms with Gasteiger partial charge in [0.1, 0.15) is 5.75 Å². The molecule has 14 heteroatoms. The maximum Gasteiger partial charge on any atom is 0.224 e. The van der Waals surface area contributed by atoms with Gasteiger partial charge in [0.15, 0.2) is 6.29 Å². The fourth-order valence-electron chi connectivity index (χ4n) is 5.69. The first-order valence-corrected chi connectivity index (χ1v) is 18.0. The van der Waals surface area contributed by atoms with Crippen molar-refractivity contribution >= 4 is 35.0 Å². The van der Waals surface area contributed by atoms with Gasteiger partial charge in [0.25, 0.3) is 0 Å². The quantitative estimate of drug-likeness (QED) is 0.0515. The zero-order valence-corrected chi connectivity index (χ0v) is 29.2. The Morgan fingerprint density at radius 3 is 2.29 bits per heavy atom. The first-order valence-electron chi connectivity index (χ1n) is 17.1. The van der Waals surface area contributed by atoms with Gasteiger partial charge in [-0.2, -0.15) is 4.68 Å². The number of aromatic hydroxyl groups is 1. The summed E-state index contributed by atoms with van der Waals surface area (Å²) in [5, 5.41) is 37.7. The Labute approximate surface area is 305 Å². The summed E-state index contributed by atoms with van der Waals surface area (Å²) in [6.45, 7) is 0.331. The maximum atomic E-state index is 12.5. The van der Waals surface area contributed by atoms with E-state index in [1.165, 1.54) is 11.8 Å². The smallest absolute Gasteiger partial charge is 0.224 e. The molecule has 2 heterocycles. The first-order chi connectivity index (χ1) is 25.3. The zero-order chi connectivity index (χ0) is 36.3. The van der Waals surface area contributed by atoms with Gasteiger partial charge < -0.3 is 36.1 Å². The zero-order valence-electron chi connectivity index (χ0n) is 28.4. The highest BCUT2D eigenvalue weighted by atomic mass is 32.2. The molecule has 0 saturated carbocycles. The Hall–Kier alpha value is -5.28. The number of benzene rings is 4. The van der Waals surface area contributed by atoms with E-state index in [2.05, 4.69) is 26.2 Å². The largest absolute Gasteiger partial charge is 0.508 e. The molecule has 0 bridgehead atoms. The standard InChI is InChI=1S/C38H41N7O6S/c39-32-5-1-2-6-33(32)41-36(49)8-4-3-7-35(48)40-22-25-9-15-28(16-10-25)37-50-31(21-34(51-37)27-13-11-26(23-46)12-14-27)24-52-38-42-43-44-45(38)29-17-19-30(47)20-18-29/h1-2,5-6,9-20,31,34,37,46-47H,3-4,7-8,21-24,39H2,(H,40,48)(H,41,49)/t31-,34+,37+/m0/s1. The van der Waals surface area contributed by atoms with Crippen LogP contribution in [0, 0.1) is 0 Å². The van der Waals surface area contributed by atoms with Gasteiger partial charge in [-0.1, -0.05) is 72.4 Å². The van der Waals surface area contributed by atoms with Crippen LogP contribution in [0.4, 0.5) is 11.4 Å². The minimum atomic E-state index is -0.644. The van der Waals surface area contributed by atoms with E-state index in [1.54, 1.807) is 41.1 Å². The van der Waals surface area contributed by atoms with Gasteiger partial charge >= 0.3 is 0 Å². The summed E-state index contributed by atoms with van der Waals surface area (Å²) in [6.07, 6.45) is 1.29. The van der Waals surface area contributed by atoms with E-state index in [0.29, 0.717) is 60.9 Å². The highest BCUT2D eigenvalue weighted by molar-refractivity contribution is 7.99. The number of unbranched alkanes of at least 4 members (excludes halogenated alkanes) is 1. The minimum absolute atomic E-state index is 0.0382. The monoisotopic (exact) mass is 723 g/mol. The van der Waals surface area contributed by atoms with Crippen LogP contribution in [-0.4, -0.2) is 54.1 Å². The lowest BCUT2D eigenvalue weighted by molar-refractivity contribution is -0.245. The number of hydrogen-bond donors (Lipinski definition) is 5.